The number of hydrogen-bond acceptors (Lipinski definition) is 6. The van der Waals surface area contributed by atoms with Crippen LogP contribution in [-0.4, -0.2) is 59.7 Å². The molecule has 6 rings (SSSR count). The second kappa shape index (κ2) is 9.05. The molecule has 0 radical (unpaired) electrons. The van der Waals surface area contributed by atoms with Gasteiger partial charge >= 0.3 is 6.18 Å². The highest BCUT2D eigenvalue weighted by atomic mass is 35.5. The van der Waals surface area contributed by atoms with Gasteiger partial charge in [-0.2, -0.15) is 18.3 Å². The molecule has 4 heterocycles. The Labute approximate surface area is 215 Å². The summed E-state index contributed by atoms with van der Waals surface area (Å²) in [6, 6.07) is 11.5. The van der Waals surface area contributed by atoms with Gasteiger partial charge in [0.1, 0.15) is 5.82 Å². The van der Waals surface area contributed by atoms with E-state index in [-0.39, 0.29) is 24.7 Å². The molecule has 3 aliphatic rings. The number of anilines is 2. The van der Waals surface area contributed by atoms with Crippen LogP contribution >= 0.6 is 11.6 Å². The van der Waals surface area contributed by atoms with Gasteiger partial charge in [0.25, 0.3) is 5.91 Å². The number of carbonyl (C=O) groups is 1. The lowest BCUT2D eigenvalue weighted by Crippen LogP contribution is -2.49. The Bertz CT molecular complexity index is 1340. The van der Waals surface area contributed by atoms with E-state index in [4.69, 9.17) is 21.1 Å². The summed E-state index contributed by atoms with van der Waals surface area (Å²) in [5.41, 5.74) is 1.58. The number of benzene rings is 2. The molecule has 0 bridgehead atoms. The summed E-state index contributed by atoms with van der Waals surface area (Å²) in [6.45, 7) is 2.07. The Morgan fingerprint density at radius 3 is 2.57 bits per heavy atom. The van der Waals surface area contributed by atoms with Crippen molar-refractivity contribution in [1.82, 2.24) is 14.7 Å². The fraction of sp³-hybridized carbons (Fsp3) is 0.360. The zero-order valence-electron chi connectivity index (χ0n) is 19.5. The van der Waals surface area contributed by atoms with Crippen LogP contribution in [0, 0.1) is 0 Å². The highest BCUT2D eigenvalue weighted by molar-refractivity contribution is 6.30. The summed E-state index contributed by atoms with van der Waals surface area (Å²) in [5.74, 6) is 0.808. The molecule has 3 aromatic rings. The minimum Gasteiger partial charge on any atom is -0.454 e. The van der Waals surface area contributed by atoms with Crippen LogP contribution in [0.1, 0.15) is 34.6 Å². The van der Waals surface area contributed by atoms with Crippen LogP contribution in [0.3, 0.4) is 0 Å². The molecule has 1 amide bonds. The lowest BCUT2D eigenvalue weighted by molar-refractivity contribution is -0.173. The van der Waals surface area contributed by atoms with E-state index in [2.05, 4.69) is 15.3 Å². The van der Waals surface area contributed by atoms with Gasteiger partial charge in [-0.25, -0.2) is 4.68 Å². The molecule has 1 N–H and O–H groups in total. The van der Waals surface area contributed by atoms with Crippen LogP contribution in [-0.2, 0) is 0 Å². The summed E-state index contributed by atoms with van der Waals surface area (Å²) in [5, 5.41) is 7.88. The lowest BCUT2D eigenvalue weighted by atomic mass is 9.96. The van der Waals surface area contributed by atoms with Crippen molar-refractivity contribution in [1.29, 1.82) is 0 Å². The van der Waals surface area contributed by atoms with E-state index in [1.165, 1.54) is 6.07 Å². The number of amides is 1. The minimum absolute atomic E-state index is 0.0145. The Hall–Kier alpha value is -3.60. The van der Waals surface area contributed by atoms with Gasteiger partial charge < -0.3 is 24.6 Å². The van der Waals surface area contributed by atoms with E-state index in [9.17, 15) is 18.0 Å². The molecule has 1 fully saturated rings. The number of carbonyl (C=O) groups excluding carboxylic acids is 1. The SMILES string of the molecule is O=C(c1cc2n(n1)C(C(F)(F)F)CC(c1ccc3c(c1)OCO3)N2)N1CCN(c2cccc(Cl)c2)CC1. The highest BCUT2D eigenvalue weighted by Gasteiger charge is 2.47. The van der Waals surface area contributed by atoms with Crippen LogP contribution in [0.25, 0.3) is 0 Å². The molecule has 0 saturated carbocycles. The number of aromatic nitrogens is 2. The summed E-state index contributed by atoms with van der Waals surface area (Å²) < 4.78 is 53.8. The third kappa shape index (κ3) is 4.52. The van der Waals surface area contributed by atoms with Crippen LogP contribution in [0.4, 0.5) is 24.7 Å². The van der Waals surface area contributed by atoms with Gasteiger partial charge in [0.05, 0.1) is 6.04 Å². The fourth-order valence-corrected chi connectivity index (χ4v) is 5.21. The van der Waals surface area contributed by atoms with E-state index in [1.54, 1.807) is 29.2 Å². The van der Waals surface area contributed by atoms with Crippen LogP contribution in [0.2, 0.25) is 5.02 Å². The highest BCUT2D eigenvalue weighted by Crippen LogP contribution is 2.45. The van der Waals surface area contributed by atoms with Crippen molar-refractivity contribution in [3.63, 3.8) is 0 Å². The first-order valence-electron chi connectivity index (χ1n) is 11.9. The summed E-state index contributed by atoms with van der Waals surface area (Å²) in [4.78, 5) is 17.0. The Kier molecular flexibility index (Phi) is 5.82. The number of halogens is 4. The van der Waals surface area contributed by atoms with E-state index in [0.29, 0.717) is 48.3 Å². The third-order valence-electron chi connectivity index (χ3n) is 6.95. The number of alkyl halides is 3. The number of hydrogen-bond donors (Lipinski definition) is 1. The van der Waals surface area contributed by atoms with E-state index in [0.717, 1.165) is 10.4 Å². The molecule has 3 aliphatic heterocycles. The van der Waals surface area contributed by atoms with Gasteiger partial charge in [-0.15, -0.1) is 0 Å². The molecule has 1 saturated heterocycles. The molecule has 0 aliphatic carbocycles. The zero-order chi connectivity index (χ0) is 25.7. The number of nitrogens with zero attached hydrogens (tertiary/aromatic N) is 4. The Morgan fingerprint density at radius 2 is 1.81 bits per heavy atom. The van der Waals surface area contributed by atoms with Gasteiger partial charge in [-0.05, 0) is 35.9 Å². The van der Waals surface area contributed by atoms with E-state index in [1.807, 2.05) is 18.2 Å². The van der Waals surface area contributed by atoms with Crippen LogP contribution in [0.15, 0.2) is 48.5 Å². The van der Waals surface area contributed by atoms with Gasteiger partial charge in [0, 0.05) is 49.4 Å². The number of piperazine rings is 1. The number of fused-ring (bicyclic) bond motifs is 2. The smallest absolute Gasteiger partial charge is 0.410 e. The fourth-order valence-electron chi connectivity index (χ4n) is 5.03. The average Bonchev–Trinajstić information content (AvgIpc) is 3.53. The van der Waals surface area contributed by atoms with Gasteiger partial charge in [0.15, 0.2) is 23.2 Å². The molecular formula is C25H23ClF3N5O3. The first-order valence-corrected chi connectivity index (χ1v) is 12.3. The second-order valence-electron chi connectivity index (χ2n) is 9.22. The molecular weight excluding hydrogens is 511 g/mol. The molecule has 1 aromatic heterocycles. The predicted molar refractivity (Wildman–Crippen MR) is 130 cm³/mol. The average molecular weight is 534 g/mol. The monoisotopic (exact) mass is 533 g/mol. The first-order chi connectivity index (χ1) is 17.8. The van der Waals surface area contributed by atoms with Crippen molar-refractivity contribution in [2.24, 2.45) is 0 Å². The molecule has 37 heavy (non-hydrogen) atoms. The summed E-state index contributed by atoms with van der Waals surface area (Å²) in [6.07, 6.45) is -4.82. The zero-order valence-corrected chi connectivity index (χ0v) is 20.3. The molecule has 2 aromatic carbocycles. The molecule has 2 unspecified atom stereocenters. The minimum atomic E-state index is -4.54. The lowest BCUT2D eigenvalue weighted by Gasteiger charge is -2.35. The molecule has 8 nitrogen and oxygen atoms in total. The van der Waals surface area contributed by atoms with Crippen molar-refractivity contribution in [2.75, 3.05) is 43.2 Å². The van der Waals surface area contributed by atoms with Crippen molar-refractivity contribution < 1.29 is 27.4 Å². The topological polar surface area (TPSA) is 71.9 Å². The predicted octanol–water partition coefficient (Wildman–Crippen LogP) is 4.89. The van der Waals surface area contributed by atoms with Crippen LogP contribution < -0.4 is 19.7 Å². The van der Waals surface area contributed by atoms with Gasteiger partial charge in [-0.1, -0.05) is 23.7 Å². The van der Waals surface area contributed by atoms with Crippen molar-refractivity contribution in [3.8, 4) is 11.5 Å². The largest absolute Gasteiger partial charge is 0.454 e. The van der Waals surface area contributed by atoms with Gasteiger partial charge in [0.2, 0.25) is 6.79 Å². The maximum Gasteiger partial charge on any atom is 0.410 e. The molecule has 2 atom stereocenters. The maximum absolute atomic E-state index is 14.1. The first kappa shape index (κ1) is 23.8. The van der Waals surface area contributed by atoms with Crippen molar-refractivity contribution in [3.05, 3.63) is 64.8 Å². The van der Waals surface area contributed by atoms with Crippen LogP contribution in [0.5, 0.6) is 11.5 Å². The van der Waals surface area contributed by atoms with Gasteiger partial charge in [-0.3, -0.25) is 4.79 Å². The quantitative estimate of drug-likeness (QED) is 0.517. The third-order valence-corrected chi connectivity index (χ3v) is 7.18. The molecule has 194 valence electrons. The maximum atomic E-state index is 14.1. The summed E-state index contributed by atoms with van der Waals surface area (Å²) in [7, 11) is 0. The van der Waals surface area contributed by atoms with E-state index >= 15 is 0 Å². The Balaban J connectivity index is 1.21. The Morgan fingerprint density at radius 1 is 1.03 bits per heavy atom. The number of ether oxygens (including phenoxy) is 2. The molecule has 0 spiro atoms. The second-order valence-corrected chi connectivity index (χ2v) is 9.66. The van der Waals surface area contributed by atoms with E-state index < -0.39 is 24.2 Å². The molecule has 12 heteroatoms. The van der Waals surface area contributed by atoms with Crippen molar-refractivity contribution >= 4 is 29.0 Å². The van der Waals surface area contributed by atoms with Crippen molar-refractivity contribution in [2.45, 2.75) is 24.7 Å². The number of rotatable bonds is 3. The standard InChI is InChI=1S/C25H23ClF3N5O3/c26-16-2-1-3-17(11-16)32-6-8-33(9-7-32)24(35)19-13-23-30-18(12-22(25(27,28)29)34(23)31-19)15-4-5-20-21(10-15)37-14-36-20/h1-5,10-11,13,18,22,30H,6-9,12,14H2. The normalized spacial score (nSPS) is 21.0. The summed E-state index contributed by atoms with van der Waals surface area (Å²) >= 11 is 6.09. The number of nitrogens with one attached hydrogen (secondary N) is 1.